The second kappa shape index (κ2) is 8.19. The number of hydrogen-bond donors (Lipinski definition) is 2. The number of nitrogens with one attached hydrogen (secondary N) is 2. The van der Waals surface area contributed by atoms with Crippen LogP contribution in [0.1, 0.15) is 60.4 Å². The molecule has 0 saturated heterocycles. The van der Waals surface area contributed by atoms with Crippen molar-refractivity contribution in [1.29, 1.82) is 0 Å². The van der Waals surface area contributed by atoms with Crippen LogP contribution in [0.4, 0.5) is 0 Å². The summed E-state index contributed by atoms with van der Waals surface area (Å²) in [6.07, 6.45) is 10.9. The van der Waals surface area contributed by atoms with E-state index in [-0.39, 0.29) is 11.9 Å². The third kappa shape index (κ3) is 4.17. The lowest BCUT2D eigenvalue weighted by molar-refractivity contribution is 0.0910. The fourth-order valence-electron chi connectivity index (χ4n) is 5.01. The van der Waals surface area contributed by atoms with E-state index in [0.29, 0.717) is 18.3 Å². The fourth-order valence-corrected chi connectivity index (χ4v) is 5.01. The number of ether oxygens (including phenoxy) is 1. The number of carbonyl (C=O) groups is 1. The summed E-state index contributed by atoms with van der Waals surface area (Å²) in [7, 11) is 0. The Morgan fingerprint density at radius 3 is 3.00 bits per heavy atom. The molecule has 6 nitrogen and oxygen atoms in total. The first-order chi connectivity index (χ1) is 14.2. The monoisotopic (exact) mass is 394 g/mol. The molecule has 2 atom stereocenters. The first-order valence-electron chi connectivity index (χ1n) is 11.1. The molecule has 0 bridgehead atoms. The maximum atomic E-state index is 12.8. The number of hydrogen-bond acceptors (Lipinski definition) is 4. The van der Waals surface area contributed by atoms with Crippen molar-refractivity contribution in [3.63, 3.8) is 0 Å². The molecule has 0 spiro atoms. The Morgan fingerprint density at radius 1 is 1.24 bits per heavy atom. The van der Waals surface area contributed by atoms with Gasteiger partial charge in [0, 0.05) is 18.8 Å². The van der Waals surface area contributed by atoms with Crippen LogP contribution in [0.15, 0.2) is 30.5 Å². The summed E-state index contributed by atoms with van der Waals surface area (Å²) in [6.45, 7) is 2.14. The first-order valence-corrected chi connectivity index (χ1v) is 11.1. The van der Waals surface area contributed by atoms with Gasteiger partial charge in [-0.05, 0) is 36.8 Å². The average molecular weight is 395 g/mol. The second-order valence-electron chi connectivity index (χ2n) is 8.79. The molecule has 1 aromatic carbocycles. The largest absolute Gasteiger partial charge is 0.491 e. The highest BCUT2D eigenvalue weighted by Crippen LogP contribution is 2.29. The third-order valence-electron chi connectivity index (χ3n) is 6.67. The standard InChI is InChI=1S/C23H30N4O2/c28-23(25-19-11-17-7-3-4-8-21(17)29-15-19)20-14-27-13-18(24-12-22(27)26-20)10-9-16-5-1-2-6-16/h3-4,7-8,14,16,18-19,24H,1-2,5-6,9-13,15H2,(H,25,28)/t18?,19-/m1/s1. The minimum Gasteiger partial charge on any atom is -0.491 e. The maximum absolute atomic E-state index is 12.8. The van der Waals surface area contributed by atoms with E-state index in [1.807, 2.05) is 24.4 Å². The third-order valence-corrected chi connectivity index (χ3v) is 6.67. The molecule has 3 aliphatic rings. The van der Waals surface area contributed by atoms with Gasteiger partial charge in [0.15, 0.2) is 0 Å². The zero-order valence-electron chi connectivity index (χ0n) is 16.9. The van der Waals surface area contributed by atoms with E-state index in [9.17, 15) is 4.79 Å². The second-order valence-corrected chi connectivity index (χ2v) is 8.79. The van der Waals surface area contributed by atoms with Gasteiger partial charge in [0.2, 0.25) is 0 Å². The quantitative estimate of drug-likeness (QED) is 0.818. The highest BCUT2D eigenvalue weighted by molar-refractivity contribution is 5.92. The van der Waals surface area contributed by atoms with E-state index in [1.54, 1.807) is 0 Å². The van der Waals surface area contributed by atoms with E-state index in [0.717, 1.165) is 42.6 Å². The molecule has 6 heteroatoms. The van der Waals surface area contributed by atoms with Gasteiger partial charge in [-0.25, -0.2) is 4.98 Å². The highest BCUT2D eigenvalue weighted by Gasteiger charge is 2.26. The van der Waals surface area contributed by atoms with E-state index < -0.39 is 0 Å². The number of fused-ring (bicyclic) bond motifs is 2. The van der Waals surface area contributed by atoms with Gasteiger partial charge >= 0.3 is 0 Å². The molecular weight excluding hydrogens is 364 g/mol. The van der Waals surface area contributed by atoms with Crippen LogP contribution in [0.5, 0.6) is 5.75 Å². The normalized spacial score (nSPS) is 23.9. The van der Waals surface area contributed by atoms with Gasteiger partial charge in [-0.1, -0.05) is 43.9 Å². The minimum absolute atomic E-state index is 0.0200. The van der Waals surface area contributed by atoms with E-state index >= 15 is 0 Å². The van der Waals surface area contributed by atoms with Crippen molar-refractivity contribution in [3.05, 3.63) is 47.5 Å². The summed E-state index contributed by atoms with van der Waals surface area (Å²) in [5.41, 5.74) is 1.65. The fraction of sp³-hybridized carbons (Fsp3) is 0.565. The molecule has 1 amide bonds. The highest BCUT2D eigenvalue weighted by atomic mass is 16.5. The number of nitrogens with zero attached hydrogens (tertiary/aromatic N) is 2. The molecule has 2 N–H and O–H groups in total. The molecule has 1 unspecified atom stereocenters. The molecule has 0 radical (unpaired) electrons. The molecule has 2 aromatic rings. The summed E-state index contributed by atoms with van der Waals surface area (Å²) in [5, 5.41) is 6.71. The first kappa shape index (κ1) is 18.7. The number of amides is 1. The summed E-state index contributed by atoms with van der Waals surface area (Å²) in [5.74, 6) is 2.69. The van der Waals surface area contributed by atoms with Crippen molar-refractivity contribution >= 4 is 5.91 Å². The van der Waals surface area contributed by atoms with E-state index in [4.69, 9.17) is 4.74 Å². The maximum Gasteiger partial charge on any atom is 0.271 e. The van der Waals surface area contributed by atoms with Gasteiger partial charge < -0.3 is 19.9 Å². The lowest BCUT2D eigenvalue weighted by atomic mass is 9.98. The lowest BCUT2D eigenvalue weighted by Gasteiger charge is -2.26. The average Bonchev–Trinajstić information content (AvgIpc) is 3.41. The Balaban J connectivity index is 1.17. The Morgan fingerprint density at radius 2 is 2.10 bits per heavy atom. The van der Waals surface area contributed by atoms with Crippen LogP contribution < -0.4 is 15.4 Å². The molecular formula is C23H30N4O2. The number of benzene rings is 1. The Kier molecular flexibility index (Phi) is 5.27. The van der Waals surface area contributed by atoms with Gasteiger partial charge in [-0.2, -0.15) is 0 Å². The van der Waals surface area contributed by atoms with E-state index in [1.165, 1.54) is 38.5 Å². The smallest absolute Gasteiger partial charge is 0.271 e. The van der Waals surface area contributed by atoms with Gasteiger partial charge in [0.25, 0.3) is 5.91 Å². The zero-order chi connectivity index (χ0) is 19.6. The lowest BCUT2D eigenvalue weighted by Crippen LogP contribution is -2.42. The molecule has 3 heterocycles. The van der Waals surface area contributed by atoms with Crippen LogP contribution in [-0.2, 0) is 19.5 Å². The predicted octanol–water partition coefficient (Wildman–Crippen LogP) is 3.06. The molecule has 154 valence electrons. The van der Waals surface area contributed by atoms with Gasteiger partial charge in [0.1, 0.15) is 23.9 Å². The zero-order valence-corrected chi connectivity index (χ0v) is 16.9. The number of carbonyl (C=O) groups excluding carboxylic acids is 1. The van der Waals surface area contributed by atoms with E-state index in [2.05, 4.69) is 26.3 Å². The predicted molar refractivity (Wildman–Crippen MR) is 111 cm³/mol. The molecule has 1 aromatic heterocycles. The number of rotatable bonds is 5. The van der Waals surface area contributed by atoms with Gasteiger partial charge in [0.05, 0.1) is 12.6 Å². The summed E-state index contributed by atoms with van der Waals surface area (Å²) < 4.78 is 7.95. The van der Waals surface area contributed by atoms with Gasteiger partial charge in [-0.15, -0.1) is 0 Å². The van der Waals surface area contributed by atoms with Crippen molar-refractivity contribution in [2.24, 2.45) is 5.92 Å². The molecule has 1 saturated carbocycles. The van der Waals surface area contributed by atoms with Crippen LogP contribution in [0.2, 0.25) is 0 Å². The number of para-hydroxylation sites is 1. The Labute approximate surface area is 172 Å². The van der Waals surface area contributed by atoms with Crippen molar-refractivity contribution in [2.75, 3.05) is 6.61 Å². The number of imidazole rings is 1. The van der Waals surface area contributed by atoms with Gasteiger partial charge in [-0.3, -0.25) is 4.79 Å². The summed E-state index contributed by atoms with van der Waals surface area (Å²) in [6, 6.07) is 8.48. The van der Waals surface area contributed by atoms with Crippen LogP contribution >= 0.6 is 0 Å². The van der Waals surface area contributed by atoms with Crippen LogP contribution in [0.3, 0.4) is 0 Å². The van der Waals surface area contributed by atoms with Crippen molar-refractivity contribution < 1.29 is 9.53 Å². The topological polar surface area (TPSA) is 68.2 Å². The molecule has 1 fully saturated rings. The summed E-state index contributed by atoms with van der Waals surface area (Å²) in [4.78, 5) is 17.3. The number of aromatic nitrogens is 2. The molecule has 5 rings (SSSR count). The molecule has 29 heavy (non-hydrogen) atoms. The van der Waals surface area contributed by atoms with Crippen LogP contribution in [0, 0.1) is 5.92 Å². The van der Waals surface area contributed by atoms with Crippen molar-refractivity contribution in [1.82, 2.24) is 20.2 Å². The van der Waals surface area contributed by atoms with Crippen molar-refractivity contribution in [2.45, 2.75) is 70.1 Å². The molecule has 1 aliphatic carbocycles. The Hall–Kier alpha value is -2.34. The minimum atomic E-state index is -0.109. The van der Waals surface area contributed by atoms with Crippen LogP contribution in [0.25, 0.3) is 0 Å². The SMILES string of the molecule is O=C(N[C@H]1COc2ccccc2C1)c1cn2c(n1)CNC(CCC1CCCC1)C2. The van der Waals surface area contributed by atoms with Crippen LogP contribution in [-0.4, -0.2) is 34.1 Å². The van der Waals surface area contributed by atoms with Crippen molar-refractivity contribution in [3.8, 4) is 5.75 Å². The molecule has 2 aliphatic heterocycles. The summed E-state index contributed by atoms with van der Waals surface area (Å²) >= 11 is 0. The Bertz CT molecular complexity index is 872.